The number of carboxylic acids is 1. The summed E-state index contributed by atoms with van der Waals surface area (Å²) in [6, 6.07) is 23.9. The van der Waals surface area contributed by atoms with E-state index in [4.69, 9.17) is 9.84 Å². The molecule has 0 aromatic heterocycles. The third-order valence-corrected chi connectivity index (χ3v) is 4.03. The zero-order chi connectivity index (χ0) is 19.8. The van der Waals surface area contributed by atoms with Crippen LogP contribution in [0.5, 0.6) is 5.75 Å². The van der Waals surface area contributed by atoms with E-state index in [2.05, 4.69) is 35.1 Å². The van der Waals surface area contributed by atoms with Crippen molar-refractivity contribution in [3.8, 4) is 16.9 Å². The van der Waals surface area contributed by atoms with E-state index in [0.717, 1.165) is 28.0 Å². The van der Waals surface area contributed by atoms with Crippen LogP contribution < -0.4 is 4.74 Å². The third kappa shape index (κ3) is 5.71. The van der Waals surface area contributed by atoms with Crippen molar-refractivity contribution in [2.45, 2.75) is 13.5 Å². The van der Waals surface area contributed by atoms with Gasteiger partial charge in [-0.25, -0.2) is 4.79 Å². The average molecular weight is 375 g/mol. The molecule has 0 unspecified atom stereocenters. The molecule has 3 rings (SSSR count). The lowest BCUT2D eigenvalue weighted by atomic mass is 10.0. The van der Waals surface area contributed by atoms with Gasteiger partial charge in [-0.05, 0) is 41.3 Å². The number of rotatable bonds is 8. The fourth-order valence-corrected chi connectivity index (χ4v) is 2.69. The Labute approximate surface area is 163 Å². The smallest absolute Gasteiger partial charge is 0.344 e. The lowest BCUT2D eigenvalue weighted by Gasteiger charge is -2.09. The molecule has 0 radical (unpaired) electrons. The lowest BCUT2D eigenvalue weighted by Crippen LogP contribution is -2.03. The summed E-state index contributed by atoms with van der Waals surface area (Å²) in [6.07, 6.45) is 1.48. The van der Waals surface area contributed by atoms with Crippen LogP contribution in [0.1, 0.15) is 16.7 Å². The predicted octanol–water partition coefficient (Wildman–Crippen LogP) is 4.68. The summed E-state index contributed by atoms with van der Waals surface area (Å²) in [5, 5.41) is 12.1. The second-order valence-corrected chi connectivity index (χ2v) is 6.33. The van der Waals surface area contributed by atoms with E-state index < -0.39 is 12.6 Å². The van der Waals surface area contributed by atoms with Gasteiger partial charge in [0, 0.05) is 0 Å². The molecule has 0 aliphatic rings. The van der Waals surface area contributed by atoms with Crippen LogP contribution in [0.4, 0.5) is 0 Å². The molecule has 0 saturated heterocycles. The van der Waals surface area contributed by atoms with E-state index in [0.29, 0.717) is 6.61 Å². The van der Waals surface area contributed by atoms with Crippen LogP contribution in [0, 0.1) is 6.92 Å². The van der Waals surface area contributed by atoms with Gasteiger partial charge in [-0.2, -0.15) is 0 Å². The van der Waals surface area contributed by atoms with Gasteiger partial charge in [0.05, 0.1) is 6.21 Å². The molecular formula is C23H21NO4. The van der Waals surface area contributed by atoms with Crippen molar-refractivity contribution < 1.29 is 19.5 Å². The maximum Gasteiger partial charge on any atom is 0.344 e. The largest absolute Gasteiger partial charge is 0.489 e. The molecule has 5 heteroatoms. The normalized spacial score (nSPS) is 10.8. The fourth-order valence-electron chi connectivity index (χ4n) is 2.69. The van der Waals surface area contributed by atoms with Gasteiger partial charge in [0.15, 0.2) is 0 Å². The Morgan fingerprint density at radius 1 is 1.00 bits per heavy atom. The van der Waals surface area contributed by atoms with Crippen LogP contribution in [0.25, 0.3) is 11.1 Å². The Bertz CT molecular complexity index is 964. The Balaban J connectivity index is 1.63. The third-order valence-electron chi connectivity index (χ3n) is 4.03. The molecule has 0 fully saturated rings. The van der Waals surface area contributed by atoms with Crippen molar-refractivity contribution >= 4 is 12.2 Å². The molecule has 3 aromatic carbocycles. The number of aliphatic carboxylic acids is 1. The highest BCUT2D eigenvalue weighted by Crippen LogP contribution is 2.24. The topological polar surface area (TPSA) is 68.1 Å². The second-order valence-electron chi connectivity index (χ2n) is 6.33. The molecule has 0 aliphatic carbocycles. The zero-order valence-corrected chi connectivity index (χ0v) is 15.5. The number of hydrogen-bond acceptors (Lipinski definition) is 4. The van der Waals surface area contributed by atoms with Crippen molar-refractivity contribution in [1.29, 1.82) is 0 Å². The van der Waals surface area contributed by atoms with Gasteiger partial charge >= 0.3 is 5.97 Å². The first-order valence-electron chi connectivity index (χ1n) is 8.86. The standard InChI is InChI=1S/C23H21NO4/c1-17-4-2-5-19(12-17)15-27-22-7-3-6-21(13-22)20-10-8-18(9-11-20)14-24-28-16-23(25)26/h2-14H,15-16H2,1H3,(H,25,26)/b24-14+. The molecule has 1 N–H and O–H groups in total. The number of nitrogens with zero attached hydrogens (tertiary/aromatic N) is 1. The Hall–Kier alpha value is -3.60. The monoisotopic (exact) mass is 375 g/mol. The van der Waals surface area contributed by atoms with Crippen LogP contribution in [0.2, 0.25) is 0 Å². The molecule has 3 aromatic rings. The molecule has 0 amide bonds. The van der Waals surface area contributed by atoms with Crippen LogP contribution in [-0.4, -0.2) is 23.9 Å². The number of carbonyl (C=O) groups is 1. The Morgan fingerprint density at radius 3 is 2.54 bits per heavy atom. The Morgan fingerprint density at radius 2 is 1.79 bits per heavy atom. The van der Waals surface area contributed by atoms with Gasteiger partial charge < -0.3 is 14.7 Å². The molecule has 0 atom stereocenters. The molecule has 0 aliphatic heterocycles. The van der Waals surface area contributed by atoms with Gasteiger partial charge in [-0.3, -0.25) is 0 Å². The van der Waals surface area contributed by atoms with E-state index in [1.165, 1.54) is 11.8 Å². The highest BCUT2D eigenvalue weighted by atomic mass is 16.6. The number of carboxylic acid groups (broad SMARTS) is 1. The number of benzene rings is 3. The number of ether oxygens (including phenoxy) is 1. The summed E-state index contributed by atoms with van der Waals surface area (Å²) in [5.41, 5.74) is 5.27. The van der Waals surface area contributed by atoms with Crippen LogP contribution in [0.15, 0.2) is 78.0 Å². The minimum atomic E-state index is -1.06. The first-order valence-corrected chi connectivity index (χ1v) is 8.86. The summed E-state index contributed by atoms with van der Waals surface area (Å²) < 4.78 is 5.93. The maximum absolute atomic E-state index is 10.4. The van der Waals surface area contributed by atoms with Crippen molar-refractivity contribution in [2.24, 2.45) is 5.16 Å². The average Bonchev–Trinajstić information content (AvgIpc) is 2.70. The van der Waals surface area contributed by atoms with Crippen LogP contribution in [0.3, 0.4) is 0 Å². The lowest BCUT2D eigenvalue weighted by molar-refractivity contribution is -0.142. The molecule has 0 saturated carbocycles. The van der Waals surface area contributed by atoms with Crippen molar-refractivity contribution in [3.05, 3.63) is 89.5 Å². The van der Waals surface area contributed by atoms with Crippen molar-refractivity contribution in [3.63, 3.8) is 0 Å². The summed E-state index contributed by atoms with van der Waals surface area (Å²) in [6.45, 7) is 2.14. The maximum atomic E-state index is 10.4. The second kappa shape index (κ2) is 9.37. The summed E-state index contributed by atoms with van der Waals surface area (Å²) in [7, 11) is 0. The van der Waals surface area contributed by atoms with E-state index in [1.54, 1.807) is 0 Å². The minimum Gasteiger partial charge on any atom is -0.489 e. The number of oxime groups is 1. The highest BCUT2D eigenvalue weighted by molar-refractivity contribution is 5.80. The number of aryl methyl sites for hydroxylation is 1. The van der Waals surface area contributed by atoms with Gasteiger partial charge in [-0.15, -0.1) is 0 Å². The molecular weight excluding hydrogens is 354 g/mol. The molecule has 0 heterocycles. The van der Waals surface area contributed by atoms with Crippen LogP contribution in [-0.2, 0) is 16.2 Å². The van der Waals surface area contributed by atoms with Gasteiger partial charge in [0.1, 0.15) is 12.4 Å². The first-order chi connectivity index (χ1) is 13.6. The minimum absolute atomic E-state index is 0.454. The van der Waals surface area contributed by atoms with E-state index >= 15 is 0 Å². The Kier molecular flexibility index (Phi) is 6.41. The van der Waals surface area contributed by atoms with Gasteiger partial charge in [0.2, 0.25) is 6.61 Å². The summed E-state index contributed by atoms with van der Waals surface area (Å²) in [4.78, 5) is 15.0. The van der Waals surface area contributed by atoms with Crippen LogP contribution >= 0.6 is 0 Å². The fraction of sp³-hybridized carbons (Fsp3) is 0.130. The highest BCUT2D eigenvalue weighted by Gasteiger charge is 2.02. The van der Waals surface area contributed by atoms with E-state index in [-0.39, 0.29) is 0 Å². The van der Waals surface area contributed by atoms with Crippen molar-refractivity contribution in [2.75, 3.05) is 6.61 Å². The molecule has 28 heavy (non-hydrogen) atoms. The molecule has 0 spiro atoms. The molecule has 5 nitrogen and oxygen atoms in total. The summed E-state index contributed by atoms with van der Waals surface area (Å²) in [5.74, 6) is -0.247. The van der Waals surface area contributed by atoms with Gasteiger partial charge in [0.25, 0.3) is 0 Å². The van der Waals surface area contributed by atoms with Gasteiger partial charge in [-0.1, -0.05) is 71.4 Å². The summed E-state index contributed by atoms with van der Waals surface area (Å²) >= 11 is 0. The van der Waals surface area contributed by atoms with E-state index in [9.17, 15) is 4.79 Å². The zero-order valence-electron chi connectivity index (χ0n) is 15.5. The molecule has 0 bridgehead atoms. The number of hydrogen-bond donors (Lipinski definition) is 1. The first kappa shape index (κ1) is 19.2. The van der Waals surface area contributed by atoms with Crippen molar-refractivity contribution in [1.82, 2.24) is 0 Å². The van der Waals surface area contributed by atoms with E-state index in [1.807, 2.05) is 54.6 Å². The quantitative estimate of drug-likeness (QED) is 0.459. The predicted molar refractivity (Wildman–Crippen MR) is 109 cm³/mol. The molecule has 142 valence electrons. The SMILES string of the molecule is Cc1cccc(COc2cccc(-c3ccc(/C=N/OCC(=O)O)cc3)c2)c1.